The van der Waals surface area contributed by atoms with Crippen LogP contribution in [0.2, 0.25) is 0 Å². The Bertz CT molecular complexity index is 1160. The molecule has 0 spiro atoms. The Hall–Kier alpha value is -2.68. The summed E-state index contributed by atoms with van der Waals surface area (Å²) in [6, 6.07) is 11.5. The van der Waals surface area contributed by atoms with E-state index in [0.717, 1.165) is 27.6 Å². The minimum absolute atomic E-state index is 0.0446. The molecule has 0 bridgehead atoms. The van der Waals surface area contributed by atoms with Crippen LogP contribution >= 0.6 is 0 Å². The van der Waals surface area contributed by atoms with Gasteiger partial charge < -0.3 is 4.42 Å². The minimum atomic E-state index is -2.25. The third-order valence-electron chi connectivity index (χ3n) is 4.25. The quantitative estimate of drug-likeness (QED) is 0.488. The van der Waals surface area contributed by atoms with Crippen LogP contribution < -0.4 is 4.57 Å². The van der Waals surface area contributed by atoms with E-state index in [1.807, 2.05) is 19.2 Å². The molecule has 0 aliphatic carbocycles. The van der Waals surface area contributed by atoms with Gasteiger partial charge in [-0.1, -0.05) is 6.07 Å². The molecule has 0 aliphatic heterocycles. The van der Waals surface area contributed by atoms with Crippen molar-refractivity contribution in [3.8, 4) is 11.3 Å². The van der Waals surface area contributed by atoms with Gasteiger partial charge >= 0.3 is 0 Å². The molecule has 3 heterocycles. The predicted molar refractivity (Wildman–Crippen MR) is 92.3 cm³/mol. The molecule has 0 amide bonds. The average Bonchev–Trinajstić information content (AvgIpc) is 2.93. The molecule has 0 radical (unpaired) electrons. The number of aromatic nitrogens is 2. The lowest BCUT2D eigenvalue weighted by molar-refractivity contribution is -0.660. The summed E-state index contributed by atoms with van der Waals surface area (Å²) < 4.78 is 30.7. The Kier molecular flexibility index (Phi) is 2.34. The van der Waals surface area contributed by atoms with Gasteiger partial charge in [-0.15, -0.1) is 0 Å². The molecule has 23 heavy (non-hydrogen) atoms. The van der Waals surface area contributed by atoms with Crippen LogP contribution in [0.4, 0.5) is 0 Å². The number of aryl methyl sites for hydroxylation is 4. The first-order valence-electron chi connectivity index (χ1n) is 9.06. The molecular formula is C20H19N2O+. The fourth-order valence-corrected chi connectivity index (χ4v) is 3.19. The maximum Gasteiger partial charge on any atom is 0.227 e. The maximum atomic E-state index is 7.57. The predicted octanol–water partition coefficient (Wildman–Crippen LogP) is 4.40. The fraction of sp³-hybridized carbons (Fsp3) is 0.200. The summed E-state index contributed by atoms with van der Waals surface area (Å²) in [5, 5.41) is 1.79. The van der Waals surface area contributed by atoms with Gasteiger partial charge in [-0.3, -0.25) is 0 Å². The second kappa shape index (κ2) is 4.92. The number of hydrogen-bond acceptors (Lipinski definition) is 2. The Morgan fingerprint density at radius 2 is 1.96 bits per heavy atom. The Morgan fingerprint density at radius 3 is 2.74 bits per heavy atom. The van der Waals surface area contributed by atoms with E-state index >= 15 is 0 Å². The third-order valence-corrected chi connectivity index (χ3v) is 4.25. The van der Waals surface area contributed by atoms with Gasteiger partial charge in [-0.2, -0.15) is 0 Å². The molecule has 0 saturated heterocycles. The van der Waals surface area contributed by atoms with E-state index in [2.05, 4.69) is 41.7 Å². The highest BCUT2D eigenvalue weighted by Crippen LogP contribution is 2.37. The second-order valence-electron chi connectivity index (χ2n) is 5.98. The highest BCUT2D eigenvalue weighted by Gasteiger charge is 2.20. The van der Waals surface area contributed by atoms with Crippen LogP contribution in [-0.2, 0) is 7.05 Å². The smallest absolute Gasteiger partial charge is 0.227 e. The lowest BCUT2D eigenvalue weighted by Crippen LogP contribution is -2.31. The molecule has 1 aromatic carbocycles. The van der Waals surface area contributed by atoms with E-state index in [0.29, 0.717) is 11.3 Å². The highest BCUT2D eigenvalue weighted by atomic mass is 16.3. The van der Waals surface area contributed by atoms with E-state index in [9.17, 15) is 0 Å². The summed E-state index contributed by atoms with van der Waals surface area (Å²) in [4.78, 5) is 4.25. The minimum Gasteiger partial charge on any atom is -0.438 e. The molecule has 4 rings (SSSR count). The van der Waals surface area contributed by atoms with Crippen molar-refractivity contribution in [1.82, 2.24) is 4.98 Å². The molecule has 4 aromatic rings. The Balaban J connectivity index is 2.08. The van der Waals surface area contributed by atoms with Gasteiger partial charge in [0, 0.05) is 32.2 Å². The normalized spacial score (nSPS) is 14.0. The molecule has 3 aromatic heterocycles. The Labute approximate surface area is 139 Å². The number of nitrogens with zero attached hydrogens (tertiary/aromatic N) is 2. The lowest BCUT2D eigenvalue weighted by Gasteiger charge is -2.06. The van der Waals surface area contributed by atoms with Crippen molar-refractivity contribution in [2.45, 2.75) is 20.7 Å². The number of fused-ring (bicyclic) bond motifs is 3. The Morgan fingerprint density at radius 1 is 1.09 bits per heavy atom. The topological polar surface area (TPSA) is 29.9 Å². The summed E-state index contributed by atoms with van der Waals surface area (Å²) in [5.74, 6) is 0. The van der Waals surface area contributed by atoms with Gasteiger partial charge in [0.05, 0.1) is 5.56 Å². The van der Waals surface area contributed by atoms with Gasteiger partial charge in [-0.05, 0) is 50.5 Å². The molecule has 0 aliphatic rings. The van der Waals surface area contributed by atoms with Gasteiger partial charge in [0.1, 0.15) is 12.6 Å². The van der Waals surface area contributed by atoms with E-state index in [4.69, 9.17) is 8.53 Å². The van der Waals surface area contributed by atoms with Crippen molar-refractivity contribution in [2.75, 3.05) is 0 Å². The van der Waals surface area contributed by atoms with Crippen molar-refractivity contribution in [2.24, 2.45) is 7.05 Å². The molecular weight excluding hydrogens is 284 g/mol. The molecule has 0 saturated carbocycles. The van der Waals surface area contributed by atoms with Gasteiger partial charge in [0.15, 0.2) is 6.20 Å². The molecule has 3 heteroatoms. The molecule has 114 valence electrons. The van der Waals surface area contributed by atoms with E-state index in [1.165, 1.54) is 5.56 Å². The van der Waals surface area contributed by atoms with Crippen molar-refractivity contribution < 1.29 is 13.1 Å². The monoisotopic (exact) mass is 306 g/mol. The van der Waals surface area contributed by atoms with Gasteiger partial charge in [0.25, 0.3) is 0 Å². The average molecular weight is 306 g/mol. The summed E-state index contributed by atoms with van der Waals surface area (Å²) in [7, 11) is 2.02. The molecule has 0 atom stereocenters. The number of furan rings is 1. The van der Waals surface area contributed by atoms with Crippen molar-refractivity contribution >= 4 is 22.1 Å². The first-order chi connectivity index (χ1) is 12.3. The summed E-state index contributed by atoms with van der Waals surface area (Å²) in [5.41, 5.74) is 5.56. The maximum absolute atomic E-state index is 7.57. The second-order valence-corrected chi connectivity index (χ2v) is 5.98. The summed E-state index contributed by atoms with van der Waals surface area (Å²) >= 11 is 0. The number of pyridine rings is 2. The zero-order chi connectivity index (χ0) is 18.6. The van der Waals surface area contributed by atoms with Crippen LogP contribution in [0.25, 0.3) is 33.3 Å². The van der Waals surface area contributed by atoms with Crippen LogP contribution in [-0.4, -0.2) is 4.98 Å². The first kappa shape index (κ1) is 10.9. The number of hydrogen-bond donors (Lipinski definition) is 0. The number of benzene rings is 1. The van der Waals surface area contributed by atoms with Crippen LogP contribution in [0.3, 0.4) is 0 Å². The van der Waals surface area contributed by atoms with E-state index in [-0.39, 0.29) is 5.69 Å². The largest absolute Gasteiger partial charge is 0.438 e. The molecule has 0 unspecified atom stereocenters. The molecule has 0 N–H and O–H groups in total. The van der Waals surface area contributed by atoms with Crippen LogP contribution in [0.1, 0.15) is 20.9 Å². The van der Waals surface area contributed by atoms with Crippen LogP contribution in [0.15, 0.2) is 47.0 Å². The summed E-state index contributed by atoms with van der Waals surface area (Å²) in [6.45, 7) is 1.87. The van der Waals surface area contributed by atoms with Crippen LogP contribution in [0.5, 0.6) is 0 Å². The standard InChI is InChI=1S/C20H19N2O/c1-12-5-9-16(22(4)11-12)18-13(2)6-10-17-19(18)15-8-7-14(3)21-20(15)23-17/h5-11H,1-4H3/q+1/i3D3. The highest BCUT2D eigenvalue weighted by molar-refractivity contribution is 6.11. The molecule has 3 nitrogen and oxygen atoms in total. The zero-order valence-corrected chi connectivity index (χ0v) is 13.3. The SMILES string of the molecule is [2H]C([2H])([2H])c1ccc2c(n1)oc1ccc(C)c(-c3ccc(C)c[n+]3C)c12. The molecule has 0 fully saturated rings. The fourth-order valence-electron chi connectivity index (χ4n) is 3.19. The first-order valence-corrected chi connectivity index (χ1v) is 7.56. The summed E-state index contributed by atoms with van der Waals surface area (Å²) in [6.07, 6.45) is 2.08. The van der Waals surface area contributed by atoms with Crippen molar-refractivity contribution in [1.29, 1.82) is 0 Å². The number of rotatable bonds is 1. The van der Waals surface area contributed by atoms with Gasteiger partial charge in [0.2, 0.25) is 11.4 Å². The van der Waals surface area contributed by atoms with Crippen molar-refractivity contribution in [3.05, 3.63) is 59.4 Å². The van der Waals surface area contributed by atoms with E-state index in [1.54, 1.807) is 12.1 Å². The van der Waals surface area contributed by atoms with E-state index < -0.39 is 6.85 Å². The van der Waals surface area contributed by atoms with Crippen LogP contribution in [0, 0.1) is 20.7 Å². The lowest BCUT2D eigenvalue weighted by atomic mass is 9.98. The van der Waals surface area contributed by atoms with Crippen molar-refractivity contribution in [3.63, 3.8) is 0 Å². The van der Waals surface area contributed by atoms with Gasteiger partial charge in [-0.25, -0.2) is 9.55 Å². The third kappa shape index (κ3) is 2.12. The zero-order valence-electron chi connectivity index (χ0n) is 16.3.